The van der Waals surface area contributed by atoms with Gasteiger partial charge in [0.1, 0.15) is 11.6 Å². The van der Waals surface area contributed by atoms with Crippen LogP contribution < -0.4 is 10.6 Å². The van der Waals surface area contributed by atoms with Gasteiger partial charge in [-0.25, -0.2) is 13.6 Å². The summed E-state index contributed by atoms with van der Waals surface area (Å²) in [7, 11) is 0. The molecule has 0 aliphatic carbocycles. The van der Waals surface area contributed by atoms with Crippen molar-refractivity contribution in [2.24, 2.45) is 0 Å². The molecule has 1 aliphatic rings. The van der Waals surface area contributed by atoms with Gasteiger partial charge in [-0.3, -0.25) is 4.79 Å². The van der Waals surface area contributed by atoms with E-state index in [2.05, 4.69) is 15.5 Å². The number of amides is 3. The highest BCUT2D eigenvalue weighted by Gasteiger charge is 2.19. The first-order valence-electron chi connectivity index (χ1n) is 12.5. The molecule has 3 rings (SSSR count). The number of carbonyl (C=O) groups excluding carboxylic acids is 2. The van der Waals surface area contributed by atoms with E-state index in [4.69, 9.17) is 23.2 Å². The van der Waals surface area contributed by atoms with E-state index < -0.39 is 11.6 Å². The molecule has 1 aliphatic heterocycles. The predicted molar refractivity (Wildman–Crippen MR) is 145 cm³/mol. The average molecular weight is 553 g/mol. The molecule has 0 radical (unpaired) electrons. The number of benzene rings is 2. The van der Waals surface area contributed by atoms with Crippen LogP contribution in [0.15, 0.2) is 42.5 Å². The van der Waals surface area contributed by atoms with Crippen molar-refractivity contribution in [2.45, 2.75) is 32.1 Å². The molecule has 0 bridgehead atoms. The zero-order valence-corrected chi connectivity index (χ0v) is 22.1. The van der Waals surface area contributed by atoms with Gasteiger partial charge in [0.15, 0.2) is 0 Å². The number of anilines is 1. The van der Waals surface area contributed by atoms with Crippen LogP contribution >= 0.6 is 23.2 Å². The Labute approximate surface area is 226 Å². The first-order valence-corrected chi connectivity index (χ1v) is 13.2. The summed E-state index contributed by atoms with van der Waals surface area (Å²) in [5.74, 6) is -1.60. The largest absolute Gasteiger partial charge is 0.353 e. The minimum atomic E-state index is -0.725. The molecule has 10 heteroatoms. The van der Waals surface area contributed by atoms with Gasteiger partial charge < -0.3 is 20.4 Å². The van der Waals surface area contributed by atoms with Crippen molar-refractivity contribution >= 4 is 46.9 Å². The summed E-state index contributed by atoms with van der Waals surface area (Å²) < 4.78 is 26.7. The van der Waals surface area contributed by atoms with Crippen molar-refractivity contribution in [2.75, 3.05) is 44.6 Å². The van der Waals surface area contributed by atoms with Crippen LogP contribution in [0.1, 0.15) is 37.7 Å². The van der Waals surface area contributed by atoms with Gasteiger partial charge >= 0.3 is 6.03 Å². The minimum absolute atomic E-state index is 0.113. The Bertz CT molecular complexity index is 1080. The van der Waals surface area contributed by atoms with Crippen LogP contribution in [0.25, 0.3) is 6.08 Å². The molecular weight excluding hydrogens is 521 g/mol. The van der Waals surface area contributed by atoms with Crippen LogP contribution in [0.4, 0.5) is 19.3 Å². The summed E-state index contributed by atoms with van der Waals surface area (Å²) in [6.07, 6.45) is 8.04. The second kappa shape index (κ2) is 14.9. The molecule has 1 heterocycles. The van der Waals surface area contributed by atoms with Crippen molar-refractivity contribution in [3.05, 3.63) is 69.7 Å². The summed E-state index contributed by atoms with van der Waals surface area (Å²) in [5, 5.41) is 6.39. The van der Waals surface area contributed by atoms with E-state index in [-0.39, 0.29) is 17.6 Å². The maximum atomic E-state index is 13.4. The fourth-order valence-corrected chi connectivity index (χ4v) is 4.41. The molecule has 2 aromatic carbocycles. The van der Waals surface area contributed by atoms with Gasteiger partial charge in [-0.2, -0.15) is 0 Å². The second-order valence-electron chi connectivity index (χ2n) is 8.98. The molecule has 2 N–H and O–H groups in total. The van der Waals surface area contributed by atoms with Crippen LogP contribution in [0.3, 0.4) is 0 Å². The normalized spacial score (nSPS) is 14.5. The van der Waals surface area contributed by atoms with Crippen LogP contribution in [-0.4, -0.2) is 61.0 Å². The van der Waals surface area contributed by atoms with Gasteiger partial charge in [-0.1, -0.05) is 42.1 Å². The Morgan fingerprint density at radius 1 is 0.892 bits per heavy atom. The number of hydrogen-bond acceptors (Lipinski definition) is 3. The topological polar surface area (TPSA) is 64.7 Å². The first kappa shape index (κ1) is 28.9. The Hall–Kier alpha value is -2.68. The number of rotatable bonds is 10. The SMILES string of the molecule is O=C(/C=C/c1ccc(Cl)c(Cl)c1)NCCCCCCN1CCCN(C(=O)Nc2cc(F)cc(F)c2)CC1. The van der Waals surface area contributed by atoms with Gasteiger partial charge in [0.05, 0.1) is 10.0 Å². The van der Waals surface area contributed by atoms with Gasteiger partial charge in [-0.05, 0) is 68.3 Å². The quantitative estimate of drug-likeness (QED) is 0.272. The third kappa shape index (κ3) is 10.3. The number of halogens is 4. The summed E-state index contributed by atoms with van der Waals surface area (Å²) in [6.45, 7) is 4.38. The third-order valence-corrected chi connectivity index (χ3v) is 6.80. The molecule has 200 valence electrons. The zero-order valence-electron chi connectivity index (χ0n) is 20.6. The molecule has 2 aromatic rings. The van der Waals surface area contributed by atoms with Crippen molar-refractivity contribution in [3.8, 4) is 0 Å². The fraction of sp³-hybridized carbons (Fsp3) is 0.407. The molecule has 1 saturated heterocycles. The van der Waals surface area contributed by atoms with Gasteiger partial charge in [0.25, 0.3) is 0 Å². The van der Waals surface area contributed by atoms with Crippen molar-refractivity contribution < 1.29 is 18.4 Å². The Morgan fingerprint density at radius 3 is 2.41 bits per heavy atom. The highest BCUT2D eigenvalue weighted by Crippen LogP contribution is 2.23. The monoisotopic (exact) mass is 552 g/mol. The van der Waals surface area contributed by atoms with E-state index in [1.54, 1.807) is 29.2 Å². The van der Waals surface area contributed by atoms with Crippen LogP contribution in [-0.2, 0) is 4.79 Å². The molecule has 0 saturated carbocycles. The number of nitrogens with one attached hydrogen (secondary N) is 2. The minimum Gasteiger partial charge on any atom is -0.353 e. The van der Waals surface area contributed by atoms with E-state index in [0.29, 0.717) is 29.7 Å². The second-order valence-corrected chi connectivity index (χ2v) is 9.80. The molecule has 1 fully saturated rings. The van der Waals surface area contributed by atoms with Crippen LogP contribution in [0, 0.1) is 11.6 Å². The van der Waals surface area contributed by atoms with Gasteiger partial charge in [0.2, 0.25) is 5.91 Å². The van der Waals surface area contributed by atoms with Crippen molar-refractivity contribution in [1.29, 1.82) is 0 Å². The molecule has 3 amide bonds. The lowest BCUT2D eigenvalue weighted by atomic mass is 10.2. The maximum Gasteiger partial charge on any atom is 0.321 e. The highest BCUT2D eigenvalue weighted by atomic mass is 35.5. The third-order valence-electron chi connectivity index (χ3n) is 6.06. The molecule has 0 aromatic heterocycles. The van der Waals surface area contributed by atoms with Gasteiger partial charge in [0, 0.05) is 44.0 Å². The lowest BCUT2D eigenvalue weighted by molar-refractivity contribution is -0.116. The molecule has 0 atom stereocenters. The fourth-order valence-electron chi connectivity index (χ4n) is 4.10. The Balaban J connectivity index is 1.26. The van der Waals surface area contributed by atoms with Crippen LogP contribution in [0.5, 0.6) is 0 Å². The van der Waals surface area contributed by atoms with Gasteiger partial charge in [-0.15, -0.1) is 0 Å². The van der Waals surface area contributed by atoms with E-state index in [1.807, 2.05) is 0 Å². The maximum absolute atomic E-state index is 13.4. The number of hydrogen-bond donors (Lipinski definition) is 2. The molecule has 37 heavy (non-hydrogen) atoms. The summed E-state index contributed by atoms with van der Waals surface area (Å²) in [4.78, 5) is 28.5. The molecule has 6 nitrogen and oxygen atoms in total. The van der Waals surface area contributed by atoms with E-state index in [0.717, 1.165) is 75.5 Å². The number of unbranched alkanes of at least 4 members (excludes halogenated alkanes) is 3. The predicted octanol–water partition coefficient (Wildman–Crippen LogP) is 6.20. The number of carbonyl (C=O) groups is 2. The van der Waals surface area contributed by atoms with Crippen molar-refractivity contribution in [3.63, 3.8) is 0 Å². The molecule has 0 spiro atoms. The van der Waals surface area contributed by atoms with Crippen LogP contribution in [0.2, 0.25) is 10.0 Å². The summed E-state index contributed by atoms with van der Waals surface area (Å²) >= 11 is 11.9. The highest BCUT2D eigenvalue weighted by molar-refractivity contribution is 6.42. The average Bonchev–Trinajstić information content (AvgIpc) is 3.09. The van der Waals surface area contributed by atoms with E-state index >= 15 is 0 Å². The Kier molecular flexibility index (Phi) is 11.6. The van der Waals surface area contributed by atoms with E-state index in [1.165, 1.54) is 6.08 Å². The lowest BCUT2D eigenvalue weighted by Gasteiger charge is -2.22. The number of nitrogens with zero attached hydrogens (tertiary/aromatic N) is 2. The standard InChI is InChI=1S/C27H32Cl2F2N4O2/c28-24-8-6-20(16-25(24)29)7-9-26(36)32-10-3-1-2-4-11-34-12-5-13-35(15-14-34)27(37)33-23-18-21(30)17-22(31)19-23/h6-9,16-19H,1-5,10-15H2,(H,32,36)(H,33,37)/b9-7+. The van der Waals surface area contributed by atoms with E-state index in [9.17, 15) is 18.4 Å². The number of urea groups is 1. The Morgan fingerprint density at radius 2 is 1.65 bits per heavy atom. The summed E-state index contributed by atoms with van der Waals surface area (Å²) in [5.41, 5.74) is 0.922. The molecular formula is C27H32Cl2F2N4O2. The lowest BCUT2D eigenvalue weighted by Crippen LogP contribution is -2.38. The van der Waals surface area contributed by atoms with Crippen molar-refractivity contribution in [1.82, 2.24) is 15.1 Å². The molecule has 0 unspecified atom stereocenters. The summed E-state index contributed by atoms with van der Waals surface area (Å²) in [6, 6.07) is 7.83. The zero-order chi connectivity index (χ0) is 26.6. The first-order chi connectivity index (χ1) is 17.8. The smallest absolute Gasteiger partial charge is 0.321 e.